The van der Waals surface area contributed by atoms with E-state index in [4.69, 9.17) is 0 Å². The summed E-state index contributed by atoms with van der Waals surface area (Å²) in [5.74, 6) is -0.731. The number of aromatic nitrogens is 2. The molecule has 1 amide bonds. The summed E-state index contributed by atoms with van der Waals surface area (Å²) in [5.41, 5.74) is -1.57. The van der Waals surface area contributed by atoms with E-state index >= 15 is 0 Å². The van der Waals surface area contributed by atoms with Crippen LogP contribution in [0.4, 0.5) is 13.2 Å². The van der Waals surface area contributed by atoms with Gasteiger partial charge < -0.3 is 5.32 Å². The van der Waals surface area contributed by atoms with Crippen LogP contribution in [-0.4, -0.2) is 46.3 Å². The van der Waals surface area contributed by atoms with E-state index in [1.807, 2.05) is 0 Å². The van der Waals surface area contributed by atoms with Crippen LogP contribution in [0, 0.1) is 0 Å². The average molecular weight is 318 g/mol. The third-order valence-electron chi connectivity index (χ3n) is 3.97. The van der Waals surface area contributed by atoms with E-state index in [0.717, 1.165) is 30.3 Å². The zero-order chi connectivity index (χ0) is 16.3. The van der Waals surface area contributed by atoms with Crippen LogP contribution in [0.5, 0.6) is 0 Å². The van der Waals surface area contributed by atoms with Gasteiger partial charge >= 0.3 is 6.18 Å². The molecule has 1 saturated heterocycles. The smallest absolute Gasteiger partial charge is 0.351 e. The van der Waals surface area contributed by atoms with E-state index in [1.54, 1.807) is 0 Å². The second kappa shape index (κ2) is 6.68. The van der Waals surface area contributed by atoms with Crippen molar-refractivity contribution in [1.82, 2.24) is 20.0 Å². The van der Waals surface area contributed by atoms with Crippen molar-refractivity contribution in [3.05, 3.63) is 17.5 Å². The molecular formula is C14H21F3N4O. The first-order valence-electron chi connectivity index (χ1n) is 7.42. The molecule has 22 heavy (non-hydrogen) atoms. The average Bonchev–Trinajstić information content (AvgIpc) is 2.83. The lowest BCUT2D eigenvalue weighted by atomic mass is 10.0. The zero-order valence-corrected chi connectivity index (χ0v) is 12.8. The molecule has 0 spiro atoms. The maximum Gasteiger partial charge on any atom is 0.435 e. The molecule has 1 aromatic heterocycles. The standard InChI is InChI=1S/C14H21F3N4O/c1-10-5-3-4-7-21(10)8-6-18-13(22)11-9-20(2)19-12(11)14(15,16)17/h9-10H,3-8H2,1-2H3,(H,18,22)/t10-/m0/s1. The van der Waals surface area contributed by atoms with Crippen LogP contribution in [0.25, 0.3) is 0 Å². The van der Waals surface area contributed by atoms with Crippen LogP contribution in [0.15, 0.2) is 6.20 Å². The number of nitrogens with one attached hydrogen (secondary N) is 1. The van der Waals surface area contributed by atoms with Crippen molar-refractivity contribution in [2.45, 2.75) is 38.4 Å². The largest absolute Gasteiger partial charge is 0.435 e. The second-order valence-corrected chi connectivity index (χ2v) is 5.70. The molecule has 1 atom stereocenters. The Bertz CT molecular complexity index is 527. The molecular weight excluding hydrogens is 297 g/mol. The van der Waals surface area contributed by atoms with Crippen LogP contribution in [0.1, 0.15) is 42.2 Å². The van der Waals surface area contributed by atoms with E-state index in [9.17, 15) is 18.0 Å². The molecule has 1 fully saturated rings. The highest BCUT2D eigenvalue weighted by Crippen LogP contribution is 2.30. The molecule has 2 rings (SSSR count). The third-order valence-corrected chi connectivity index (χ3v) is 3.97. The lowest BCUT2D eigenvalue weighted by Crippen LogP contribution is -2.42. The highest BCUT2D eigenvalue weighted by molar-refractivity contribution is 5.95. The Balaban J connectivity index is 1.93. The number of carbonyl (C=O) groups is 1. The highest BCUT2D eigenvalue weighted by atomic mass is 19.4. The summed E-state index contributed by atoms with van der Waals surface area (Å²) in [7, 11) is 1.36. The quantitative estimate of drug-likeness (QED) is 0.924. The number of carbonyl (C=O) groups excluding carboxylic acids is 1. The Morgan fingerprint density at radius 3 is 2.82 bits per heavy atom. The summed E-state index contributed by atoms with van der Waals surface area (Å²) in [5, 5.41) is 5.89. The van der Waals surface area contributed by atoms with E-state index < -0.39 is 23.3 Å². The van der Waals surface area contributed by atoms with Crippen LogP contribution >= 0.6 is 0 Å². The Morgan fingerprint density at radius 1 is 1.45 bits per heavy atom. The molecule has 5 nitrogen and oxygen atoms in total. The van der Waals surface area contributed by atoms with Crippen molar-refractivity contribution in [3.8, 4) is 0 Å². The lowest BCUT2D eigenvalue weighted by Gasteiger charge is -2.33. The lowest BCUT2D eigenvalue weighted by molar-refractivity contribution is -0.141. The number of amides is 1. The molecule has 2 heterocycles. The Morgan fingerprint density at radius 2 is 2.18 bits per heavy atom. The van der Waals surface area contributed by atoms with Gasteiger partial charge in [0.05, 0.1) is 5.56 Å². The van der Waals surface area contributed by atoms with Gasteiger partial charge in [-0.2, -0.15) is 18.3 Å². The van der Waals surface area contributed by atoms with Crippen LogP contribution in [-0.2, 0) is 13.2 Å². The number of alkyl halides is 3. The summed E-state index contributed by atoms with van der Waals surface area (Å²) in [6.07, 6.45) is -0.0838. The number of likely N-dealkylation sites (tertiary alicyclic amines) is 1. The van der Waals surface area contributed by atoms with Gasteiger partial charge in [0, 0.05) is 32.4 Å². The monoisotopic (exact) mass is 318 g/mol. The number of hydrogen-bond acceptors (Lipinski definition) is 3. The molecule has 1 N–H and O–H groups in total. The number of rotatable bonds is 4. The van der Waals surface area contributed by atoms with E-state index in [-0.39, 0.29) is 0 Å². The minimum Gasteiger partial charge on any atom is -0.351 e. The summed E-state index contributed by atoms with van der Waals surface area (Å²) in [6.45, 7) is 4.07. The molecule has 0 unspecified atom stereocenters. The normalized spacial score (nSPS) is 20.1. The Kier molecular flexibility index (Phi) is 5.10. The van der Waals surface area contributed by atoms with Crippen molar-refractivity contribution >= 4 is 5.91 Å². The number of hydrogen-bond donors (Lipinski definition) is 1. The van der Waals surface area contributed by atoms with Crippen LogP contribution in [0.3, 0.4) is 0 Å². The summed E-state index contributed by atoms with van der Waals surface area (Å²) in [6, 6.07) is 0.454. The van der Waals surface area contributed by atoms with Gasteiger partial charge in [0.15, 0.2) is 5.69 Å². The fourth-order valence-corrected chi connectivity index (χ4v) is 2.76. The first kappa shape index (κ1) is 16.8. The summed E-state index contributed by atoms with van der Waals surface area (Å²) in [4.78, 5) is 14.2. The predicted octanol–water partition coefficient (Wildman–Crippen LogP) is 2.04. The van der Waals surface area contributed by atoms with E-state index in [2.05, 4.69) is 22.2 Å². The minimum atomic E-state index is -4.63. The van der Waals surface area contributed by atoms with Crippen LogP contribution in [0.2, 0.25) is 0 Å². The van der Waals surface area contributed by atoms with Gasteiger partial charge in [-0.1, -0.05) is 6.42 Å². The Labute approximate surface area is 127 Å². The summed E-state index contributed by atoms with van der Waals surface area (Å²) >= 11 is 0. The maximum absolute atomic E-state index is 12.8. The van der Waals surface area contributed by atoms with Gasteiger partial charge in [0.1, 0.15) is 0 Å². The van der Waals surface area contributed by atoms with E-state index in [0.29, 0.717) is 19.1 Å². The molecule has 124 valence electrons. The van der Waals surface area contributed by atoms with Gasteiger partial charge in [-0.3, -0.25) is 14.4 Å². The number of piperidine rings is 1. The van der Waals surface area contributed by atoms with Crippen LogP contribution < -0.4 is 5.32 Å². The SMILES string of the molecule is C[C@H]1CCCCN1CCNC(=O)c1cn(C)nc1C(F)(F)F. The molecule has 1 aromatic rings. The fourth-order valence-electron chi connectivity index (χ4n) is 2.76. The van der Waals surface area contributed by atoms with Gasteiger partial charge in [0.2, 0.25) is 0 Å². The van der Waals surface area contributed by atoms with E-state index in [1.165, 1.54) is 13.5 Å². The van der Waals surface area contributed by atoms with Crippen molar-refractivity contribution in [2.24, 2.45) is 7.05 Å². The highest BCUT2D eigenvalue weighted by Gasteiger charge is 2.38. The van der Waals surface area contributed by atoms with Gasteiger partial charge in [0.25, 0.3) is 5.91 Å². The van der Waals surface area contributed by atoms with Gasteiger partial charge in [-0.05, 0) is 26.3 Å². The first-order chi connectivity index (χ1) is 10.3. The predicted molar refractivity (Wildman–Crippen MR) is 75.4 cm³/mol. The van der Waals surface area contributed by atoms with Gasteiger partial charge in [-0.25, -0.2) is 0 Å². The fraction of sp³-hybridized carbons (Fsp3) is 0.714. The third kappa shape index (κ3) is 4.00. The first-order valence-corrected chi connectivity index (χ1v) is 7.42. The Hall–Kier alpha value is -1.57. The number of nitrogens with zero attached hydrogens (tertiary/aromatic N) is 3. The molecule has 1 aliphatic rings. The molecule has 0 bridgehead atoms. The topological polar surface area (TPSA) is 50.2 Å². The summed E-state index contributed by atoms with van der Waals surface area (Å²) < 4.78 is 39.5. The van der Waals surface area contributed by atoms with Crippen molar-refractivity contribution in [3.63, 3.8) is 0 Å². The molecule has 0 aliphatic carbocycles. The molecule has 0 radical (unpaired) electrons. The van der Waals surface area contributed by atoms with Crippen molar-refractivity contribution < 1.29 is 18.0 Å². The minimum absolute atomic E-state index is 0.329. The number of aryl methyl sites for hydroxylation is 1. The second-order valence-electron chi connectivity index (χ2n) is 5.70. The van der Waals surface area contributed by atoms with Crippen molar-refractivity contribution in [2.75, 3.05) is 19.6 Å². The van der Waals surface area contributed by atoms with Crippen molar-refractivity contribution in [1.29, 1.82) is 0 Å². The maximum atomic E-state index is 12.8. The molecule has 8 heteroatoms. The zero-order valence-electron chi connectivity index (χ0n) is 12.8. The van der Waals surface area contributed by atoms with Gasteiger partial charge in [-0.15, -0.1) is 0 Å². The molecule has 0 aromatic carbocycles. The molecule has 1 aliphatic heterocycles. The number of halogens is 3. The molecule has 0 saturated carbocycles.